The zero-order valence-corrected chi connectivity index (χ0v) is 15.4. The Morgan fingerprint density at radius 2 is 2.12 bits per heavy atom. The number of hydrogen-bond acceptors (Lipinski definition) is 4. The van der Waals surface area contributed by atoms with E-state index in [0.29, 0.717) is 31.3 Å². The van der Waals surface area contributed by atoms with Gasteiger partial charge in [-0.15, -0.1) is 24.0 Å². The number of nitrogens with zero attached hydrogens (tertiary/aromatic N) is 2. The normalized spacial score (nSPS) is 10.9. The summed E-state index contributed by atoms with van der Waals surface area (Å²) >= 11 is 0. The zero-order valence-electron chi connectivity index (χ0n) is 13.1. The highest BCUT2D eigenvalue weighted by molar-refractivity contribution is 14.0. The van der Waals surface area contributed by atoms with E-state index in [2.05, 4.69) is 20.8 Å². The summed E-state index contributed by atoms with van der Waals surface area (Å²) in [5.74, 6) is -0.768. The minimum atomic E-state index is -0.725. The lowest BCUT2D eigenvalue weighted by molar-refractivity contribution is 0.304. The molecule has 0 fully saturated rings. The average Bonchev–Trinajstić information content (AvgIpc) is 3.04. The second kappa shape index (κ2) is 10.8. The predicted octanol–water partition coefficient (Wildman–Crippen LogP) is 2.70. The molecule has 0 aliphatic rings. The molecule has 132 valence electrons. The zero-order chi connectivity index (χ0) is 16.5. The quantitative estimate of drug-likeness (QED) is 0.293. The molecule has 9 heteroatoms. The van der Waals surface area contributed by atoms with Crippen LogP contribution in [0.2, 0.25) is 0 Å². The van der Waals surface area contributed by atoms with Crippen LogP contribution < -0.4 is 15.4 Å². The van der Waals surface area contributed by atoms with Gasteiger partial charge in [-0.25, -0.2) is 13.8 Å². The van der Waals surface area contributed by atoms with Gasteiger partial charge in [0.25, 0.3) is 0 Å². The lowest BCUT2D eigenvalue weighted by Gasteiger charge is -2.12. The predicted molar refractivity (Wildman–Crippen MR) is 96.6 cm³/mol. The van der Waals surface area contributed by atoms with Crippen molar-refractivity contribution < 1.29 is 18.0 Å². The van der Waals surface area contributed by atoms with Crippen LogP contribution in [0.1, 0.15) is 12.6 Å². The van der Waals surface area contributed by atoms with Crippen LogP contribution in [0.25, 0.3) is 0 Å². The minimum Gasteiger partial charge on any atom is -0.489 e. The van der Waals surface area contributed by atoms with E-state index in [9.17, 15) is 8.78 Å². The lowest BCUT2D eigenvalue weighted by atomic mass is 10.3. The number of guanidine groups is 1. The Morgan fingerprint density at radius 3 is 2.79 bits per heavy atom. The molecule has 0 saturated heterocycles. The van der Waals surface area contributed by atoms with Crippen molar-refractivity contribution in [1.82, 2.24) is 15.8 Å². The number of hydrogen-bond donors (Lipinski definition) is 2. The fraction of sp³-hybridized carbons (Fsp3) is 0.333. The highest BCUT2D eigenvalue weighted by Gasteiger charge is 2.05. The van der Waals surface area contributed by atoms with Crippen molar-refractivity contribution in [1.29, 1.82) is 0 Å². The third kappa shape index (κ3) is 6.69. The van der Waals surface area contributed by atoms with Crippen LogP contribution in [0.15, 0.2) is 40.0 Å². The highest BCUT2D eigenvalue weighted by Crippen LogP contribution is 2.17. The van der Waals surface area contributed by atoms with Crippen molar-refractivity contribution in [3.63, 3.8) is 0 Å². The van der Waals surface area contributed by atoms with Gasteiger partial charge in [0.1, 0.15) is 24.4 Å². The van der Waals surface area contributed by atoms with Crippen LogP contribution >= 0.6 is 24.0 Å². The molecule has 0 atom stereocenters. The molecule has 0 aliphatic carbocycles. The maximum atomic E-state index is 13.4. The molecule has 1 aromatic carbocycles. The molecule has 1 heterocycles. The van der Waals surface area contributed by atoms with Gasteiger partial charge in [-0.3, -0.25) is 0 Å². The SMILES string of the molecule is CCNC(=NCc1ccon1)NCCOc1ccc(F)cc1F.I. The second-order valence-electron chi connectivity index (χ2n) is 4.54. The lowest BCUT2D eigenvalue weighted by Crippen LogP contribution is -2.39. The molecule has 2 aromatic rings. The number of nitrogens with one attached hydrogen (secondary N) is 2. The van der Waals surface area contributed by atoms with Gasteiger partial charge < -0.3 is 19.9 Å². The third-order valence-electron chi connectivity index (χ3n) is 2.78. The first kappa shape index (κ1) is 20.1. The van der Waals surface area contributed by atoms with Crippen LogP contribution in [-0.2, 0) is 6.54 Å². The molecule has 0 spiro atoms. The van der Waals surface area contributed by atoms with Gasteiger partial charge in [0.05, 0.1) is 13.1 Å². The Hall–Kier alpha value is -1.91. The summed E-state index contributed by atoms with van der Waals surface area (Å²) in [5.41, 5.74) is 0.715. The van der Waals surface area contributed by atoms with Crippen LogP contribution in [-0.4, -0.2) is 30.8 Å². The number of ether oxygens (including phenoxy) is 1. The van der Waals surface area contributed by atoms with Crippen LogP contribution in [0.5, 0.6) is 5.75 Å². The van der Waals surface area contributed by atoms with Crippen molar-refractivity contribution in [3.8, 4) is 5.75 Å². The Labute approximate surface area is 155 Å². The Kier molecular flexibility index (Phi) is 9.05. The summed E-state index contributed by atoms with van der Waals surface area (Å²) < 4.78 is 36.2. The number of halogens is 3. The Balaban J connectivity index is 0.00000288. The molecule has 0 amide bonds. The third-order valence-corrected chi connectivity index (χ3v) is 2.78. The summed E-state index contributed by atoms with van der Waals surface area (Å²) in [6.45, 7) is 3.62. The number of rotatable bonds is 7. The van der Waals surface area contributed by atoms with Gasteiger partial charge in [0.15, 0.2) is 17.5 Å². The monoisotopic (exact) mass is 452 g/mol. The molecule has 2 N–H and O–H groups in total. The van der Waals surface area contributed by atoms with E-state index < -0.39 is 11.6 Å². The van der Waals surface area contributed by atoms with E-state index in [1.165, 1.54) is 12.3 Å². The average molecular weight is 452 g/mol. The second-order valence-corrected chi connectivity index (χ2v) is 4.54. The van der Waals surface area contributed by atoms with Gasteiger partial charge in [-0.05, 0) is 19.1 Å². The first-order valence-corrected chi connectivity index (χ1v) is 7.18. The molecule has 0 saturated carbocycles. The molecule has 0 bridgehead atoms. The van der Waals surface area contributed by atoms with Crippen molar-refractivity contribution in [2.45, 2.75) is 13.5 Å². The van der Waals surface area contributed by atoms with Gasteiger partial charge in [-0.1, -0.05) is 5.16 Å². The molecule has 6 nitrogen and oxygen atoms in total. The number of aromatic nitrogens is 1. The van der Waals surface area contributed by atoms with Gasteiger partial charge in [0.2, 0.25) is 0 Å². The number of benzene rings is 1. The van der Waals surface area contributed by atoms with E-state index in [4.69, 9.17) is 9.26 Å². The van der Waals surface area contributed by atoms with Crippen molar-refractivity contribution in [3.05, 3.63) is 47.9 Å². The molecular formula is C15H19F2IN4O2. The summed E-state index contributed by atoms with van der Waals surface area (Å²) in [6, 6.07) is 4.92. The standard InChI is InChI=1S/C15H18F2N4O2.HI/c1-2-18-15(20-10-12-5-7-23-21-12)19-6-8-22-14-4-3-11(16)9-13(14)17;/h3-5,7,9H,2,6,8,10H2,1H3,(H2,18,19,20);1H. The topological polar surface area (TPSA) is 71.7 Å². The molecule has 0 radical (unpaired) electrons. The van der Waals surface area contributed by atoms with Crippen molar-refractivity contribution in [2.24, 2.45) is 4.99 Å². The fourth-order valence-electron chi connectivity index (χ4n) is 1.74. The smallest absolute Gasteiger partial charge is 0.191 e. The maximum Gasteiger partial charge on any atom is 0.191 e. The fourth-order valence-corrected chi connectivity index (χ4v) is 1.74. The van der Waals surface area contributed by atoms with Crippen LogP contribution in [0.4, 0.5) is 8.78 Å². The van der Waals surface area contributed by atoms with Gasteiger partial charge in [0, 0.05) is 18.7 Å². The molecular weight excluding hydrogens is 433 g/mol. The summed E-state index contributed by atoms with van der Waals surface area (Å²) in [7, 11) is 0. The summed E-state index contributed by atoms with van der Waals surface area (Å²) in [6.07, 6.45) is 1.48. The summed E-state index contributed by atoms with van der Waals surface area (Å²) in [5, 5.41) is 9.87. The van der Waals surface area contributed by atoms with E-state index >= 15 is 0 Å². The first-order chi connectivity index (χ1) is 11.2. The first-order valence-electron chi connectivity index (χ1n) is 7.18. The summed E-state index contributed by atoms with van der Waals surface area (Å²) in [4.78, 5) is 4.32. The molecule has 24 heavy (non-hydrogen) atoms. The molecule has 0 aliphatic heterocycles. The van der Waals surface area contributed by atoms with Gasteiger partial charge in [-0.2, -0.15) is 0 Å². The van der Waals surface area contributed by atoms with Crippen molar-refractivity contribution >= 4 is 29.9 Å². The van der Waals surface area contributed by atoms with E-state index in [0.717, 1.165) is 12.1 Å². The van der Waals surface area contributed by atoms with Crippen molar-refractivity contribution in [2.75, 3.05) is 19.7 Å². The largest absolute Gasteiger partial charge is 0.489 e. The van der Waals surface area contributed by atoms with Crippen LogP contribution in [0, 0.1) is 11.6 Å². The van der Waals surface area contributed by atoms with E-state index in [1.807, 2.05) is 6.92 Å². The minimum absolute atomic E-state index is 0. The maximum absolute atomic E-state index is 13.4. The van der Waals surface area contributed by atoms with E-state index in [-0.39, 0.29) is 36.3 Å². The number of aliphatic imine (C=N–C) groups is 1. The molecule has 1 aromatic heterocycles. The molecule has 0 unspecified atom stereocenters. The Bertz CT molecular complexity index is 638. The molecule has 2 rings (SSSR count). The van der Waals surface area contributed by atoms with Crippen LogP contribution in [0.3, 0.4) is 0 Å². The highest BCUT2D eigenvalue weighted by atomic mass is 127. The van der Waals surface area contributed by atoms with Gasteiger partial charge >= 0.3 is 0 Å². The Morgan fingerprint density at radius 1 is 1.29 bits per heavy atom. The van der Waals surface area contributed by atoms with E-state index in [1.54, 1.807) is 6.07 Å².